The molecule has 20 heavy (non-hydrogen) atoms. The quantitative estimate of drug-likeness (QED) is 0.823. The molecule has 0 radical (unpaired) electrons. The van der Waals surface area contributed by atoms with Gasteiger partial charge in [0, 0.05) is 29.5 Å². The summed E-state index contributed by atoms with van der Waals surface area (Å²) in [5, 5.41) is 6.63. The molecule has 0 saturated carbocycles. The van der Waals surface area contributed by atoms with E-state index >= 15 is 0 Å². The molecule has 0 aliphatic carbocycles. The Labute approximate surface area is 133 Å². The van der Waals surface area contributed by atoms with Crippen LogP contribution < -0.4 is 5.32 Å². The van der Waals surface area contributed by atoms with E-state index in [0.717, 1.165) is 41.4 Å². The summed E-state index contributed by atoms with van der Waals surface area (Å²) in [5.74, 6) is 0. The first-order chi connectivity index (χ1) is 9.69. The van der Waals surface area contributed by atoms with Gasteiger partial charge in [-0.25, -0.2) is 4.98 Å². The van der Waals surface area contributed by atoms with Crippen LogP contribution in [0.5, 0.6) is 0 Å². The molecule has 1 aromatic heterocycles. The lowest BCUT2D eigenvalue weighted by molar-refractivity contribution is 0.315. The number of rotatable bonds is 7. The lowest BCUT2D eigenvalue weighted by Crippen LogP contribution is -2.18. The van der Waals surface area contributed by atoms with Gasteiger partial charge in [0.2, 0.25) is 0 Å². The van der Waals surface area contributed by atoms with Crippen molar-refractivity contribution in [2.24, 2.45) is 0 Å². The molecule has 0 aliphatic heterocycles. The summed E-state index contributed by atoms with van der Waals surface area (Å²) >= 11 is 5.33. The zero-order valence-electron chi connectivity index (χ0n) is 11.9. The largest absolute Gasteiger partial charge is 0.311 e. The number of halogens is 1. The Morgan fingerprint density at radius 1 is 1.30 bits per heavy atom. The first kappa shape index (κ1) is 15.6. The van der Waals surface area contributed by atoms with E-state index in [0.29, 0.717) is 0 Å². The Morgan fingerprint density at radius 2 is 2.10 bits per heavy atom. The summed E-state index contributed by atoms with van der Waals surface area (Å²) in [6.45, 7) is 5.76. The third-order valence-corrected chi connectivity index (χ3v) is 4.63. The van der Waals surface area contributed by atoms with Gasteiger partial charge in [-0.15, -0.1) is 11.3 Å². The summed E-state index contributed by atoms with van der Waals surface area (Å²) in [6, 6.07) is 8.35. The molecule has 0 spiro atoms. The maximum atomic E-state index is 4.65. The Balaban J connectivity index is 1.89. The maximum absolute atomic E-state index is 4.65. The van der Waals surface area contributed by atoms with Gasteiger partial charge >= 0.3 is 0 Å². The molecule has 0 aliphatic rings. The van der Waals surface area contributed by atoms with Crippen LogP contribution in [0.25, 0.3) is 0 Å². The van der Waals surface area contributed by atoms with Crippen molar-refractivity contribution in [3.8, 4) is 0 Å². The molecule has 1 aromatic carbocycles. The Bertz CT molecular complexity index is 541. The molecule has 5 heteroatoms. The first-order valence-corrected chi connectivity index (χ1v) is 8.42. The fourth-order valence-electron chi connectivity index (χ4n) is 1.98. The van der Waals surface area contributed by atoms with Crippen molar-refractivity contribution in [1.29, 1.82) is 0 Å². The van der Waals surface area contributed by atoms with Crippen LogP contribution in [0.15, 0.2) is 34.1 Å². The fourth-order valence-corrected chi connectivity index (χ4v) is 3.15. The van der Waals surface area contributed by atoms with E-state index in [-0.39, 0.29) is 0 Å². The minimum Gasteiger partial charge on any atom is -0.311 e. The Hall–Kier alpha value is -0.750. The van der Waals surface area contributed by atoms with Crippen molar-refractivity contribution < 1.29 is 0 Å². The third-order valence-electron chi connectivity index (χ3n) is 2.96. The normalized spacial score (nSPS) is 11.2. The van der Waals surface area contributed by atoms with Crippen LogP contribution in [0.3, 0.4) is 0 Å². The molecule has 0 bridgehead atoms. The van der Waals surface area contributed by atoms with Crippen molar-refractivity contribution >= 4 is 27.3 Å². The lowest BCUT2D eigenvalue weighted by Gasteiger charge is -2.16. The van der Waals surface area contributed by atoms with Crippen LogP contribution in [0.1, 0.15) is 23.2 Å². The molecule has 0 saturated heterocycles. The topological polar surface area (TPSA) is 28.2 Å². The van der Waals surface area contributed by atoms with Gasteiger partial charge < -0.3 is 5.32 Å². The lowest BCUT2D eigenvalue weighted by atomic mass is 10.2. The zero-order chi connectivity index (χ0) is 14.4. The van der Waals surface area contributed by atoms with E-state index in [2.05, 4.69) is 68.7 Å². The van der Waals surface area contributed by atoms with Gasteiger partial charge in [0.15, 0.2) is 0 Å². The molecular weight excluding hydrogens is 334 g/mol. The summed E-state index contributed by atoms with van der Waals surface area (Å²) in [5.41, 5.74) is 2.45. The summed E-state index contributed by atoms with van der Waals surface area (Å²) in [4.78, 5) is 6.94. The highest BCUT2D eigenvalue weighted by atomic mass is 79.9. The summed E-state index contributed by atoms with van der Waals surface area (Å²) in [6.07, 6.45) is 0. The standard InChI is InChI=1S/C15H20BrN3S/c1-3-17-8-15-18-13(11-20-15)10-19(2)9-12-6-4-5-7-14(12)16/h4-7,11,17H,3,8-10H2,1-2H3. The number of benzene rings is 1. The fraction of sp³-hybridized carbons (Fsp3) is 0.400. The summed E-state index contributed by atoms with van der Waals surface area (Å²) < 4.78 is 1.16. The average Bonchev–Trinajstić information content (AvgIpc) is 2.86. The maximum Gasteiger partial charge on any atom is 0.107 e. The van der Waals surface area contributed by atoms with Gasteiger partial charge in [0.05, 0.1) is 5.69 Å². The number of nitrogens with one attached hydrogen (secondary N) is 1. The SMILES string of the molecule is CCNCc1nc(CN(C)Cc2ccccc2Br)cs1. The number of thiazole rings is 1. The predicted molar refractivity (Wildman–Crippen MR) is 88.8 cm³/mol. The number of hydrogen-bond acceptors (Lipinski definition) is 4. The van der Waals surface area contributed by atoms with Crippen molar-refractivity contribution in [3.63, 3.8) is 0 Å². The monoisotopic (exact) mass is 353 g/mol. The number of aromatic nitrogens is 1. The molecular formula is C15H20BrN3S. The average molecular weight is 354 g/mol. The highest BCUT2D eigenvalue weighted by Gasteiger charge is 2.07. The molecule has 1 N–H and O–H groups in total. The highest BCUT2D eigenvalue weighted by Crippen LogP contribution is 2.18. The minimum absolute atomic E-state index is 0.870. The van der Waals surface area contributed by atoms with E-state index in [1.165, 1.54) is 5.56 Å². The van der Waals surface area contributed by atoms with Crippen LogP contribution in [0.4, 0.5) is 0 Å². The smallest absolute Gasteiger partial charge is 0.107 e. The second-order valence-corrected chi connectivity index (χ2v) is 6.57. The van der Waals surface area contributed by atoms with Gasteiger partial charge in [-0.05, 0) is 25.2 Å². The second-order valence-electron chi connectivity index (χ2n) is 4.78. The van der Waals surface area contributed by atoms with Crippen molar-refractivity contribution in [2.75, 3.05) is 13.6 Å². The van der Waals surface area contributed by atoms with Gasteiger partial charge in [-0.2, -0.15) is 0 Å². The van der Waals surface area contributed by atoms with Crippen molar-refractivity contribution in [3.05, 3.63) is 50.4 Å². The van der Waals surface area contributed by atoms with E-state index < -0.39 is 0 Å². The summed E-state index contributed by atoms with van der Waals surface area (Å²) in [7, 11) is 2.13. The molecule has 108 valence electrons. The highest BCUT2D eigenvalue weighted by molar-refractivity contribution is 9.10. The number of hydrogen-bond donors (Lipinski definition) is 1. The number of nitrogens with zero attached hydrogens (tertiary/aromatic N) is 2. The zero-order valence-corrected chi connectivity index (χ0v) is 14.3. The van der Waals surface area contributed by atoms with Crippen molar-refractivity contribution in [2.45, 2.75) is 26.6 Å². The van der Waals surface area contributed by atoms with E-state index in [1.807, 2.05) is 6.07 Å². The molecule has 0 amide bonds. The van der Waals surface area contributed by atoms with Crippen LogP contribution in [-0.2, 0) is 19.6 Å². The molecule has 0 atom stereocenters. The molecule has 2 rings (SSSR count). The van der Waals surface area contributed by atoms with Gasteiger partial charge in [-0.3, -0.25) is 4.90 Å². The molecule has 1 heterocycles. The van der Waals surface area contributed by atoms with E-state index in [9.17, 15) is 0 Å². The first-order valence-electron chi connectivity index (χ1n) is 6.75. The van der Waals surface area contributed by atoms with E-state index in [4.69, 9.17) is 0 Å². The second kappa shape index (κ2) is 7.88. The van der Waals surface area contributed by atoms with Gasteiger partial charge in [0.25, 0.3) is 0 Å². The van der Waals surface area contributed by atoms with Crippen molar-refractivity contribution in [1.82, 2.24) is 15.2 Å². The van der Waals surface area contributed by atoms with Gasteiger partial charge in [-0.1, -0.05) is 41.1 Å². The molecule has 0 fully saturated rings. The molecule has 3 nitrogen and oxygen atoms in total. The van der Waals surface area contributed by atoms with Crippen LogP contribution in [-0.4, -0.2) is 23.5 Å². The molecule has 2 aromatic rings. The van der Waals surface area contributed by atoms with E-state index in [1.54, 1.807) is 11.3 Å². The minimum atomic E-state index is 0.870. The predicted octanol–water partition coefficient (Wildman–Crippen LogP) is 3.65. The third kappa shape index (κ3) is 4.66. The van der Waals surface area contributed by atoms with Crippen LogP contribution >= 0.6 is 27.3 Å². The van der Waals surface area contributed by atoms with Crippen LogP contribution in [0.2, 0.25) is 0 Å². The Morgan fingerprint density at radius 3 is 2.85 bits per heavy atom. The van der Waals surface area contributed by atoms with Gasteiger partial charge in [0.1, 0.15) is 5.01 Å². The Kier molecular flexibility index (Phi) is 6.16. The molecule has 0 unspecified atom stereocenters. The van der Waals surface area contributed by atoms with Crippen LogP contribution in [0, 0.1) is 0 Å².